The van der Waals surface area contributed by atoms with Crippen molar-refractivity contribution < 1.29 is 24.7 Å². The molecule has 0 saturated carbocycles. The first-order valence-corrected chi connectivity index (χ1v) is 3.83. The fourth-order valence-corrected chi connectivity index (χ4v) is 1.05. The lowest BCUT2D eigenvalue weighted by Crippen LogP contribution is -2.30. The van der Waals surface area contributed by atoms with E-state index < -0.39 is 13.1 Å². The molecule has 0 atom stereocenters. The maximum Gasteiger partial charge on any atom is 0.488 e. The minimum atomic E-state index is -1.63. The number of carboxylic acids is 1. The fraction of sp³-hybridized carbons (Fsp3) is 0.125. The standard InChI is InChI=1S/C8H9BO5/c1-14-7-4-5(9(12)13)2-3-6(7)8(10)11/h2-4,12-13H,1H3,(H,10,11). The normalized spacial score (nSPS) is 9.64. The molecule has 1 aromatic rings. The van der Waals surface area contributed by atoms with E-state index in [0.717, 1.165) is 0 Å². The summed E-state index contributed by atoms with van der Waals surface area (Å²) in [4.78, 5) is 10.7. The predicted octanol–water partition coefficient (Wildman–Crippen LogP) is -0.927. The number of benzene rings is 1. The Kier molecular flexibility index (Phi) is 3.11. The van der Waals surface area contributed by atoms with E-state index in [0.29, 0.717) is 0 Å². The van der Waals surface area contributed by atoms with Crippen LogP contribution in [0.4, 0.5) is 0 Å². The monoisotopic (exact) mass is 196 g/mol. The molecule has 0 unspecified atom stereocenters. The fourth-order valence-electron chi connectivity index (χ4n) is 1.05. The molecular formula is C8H9BO5. The van der Waals surface area contributed by atoms with Gasteiger partial charge >= 0.3 is 13.1 Å². The first-order chi connectivity index (χ1) is 6.56. The third-order valence-electron chi connectivity index (χ3n) is 1.75. The number of rotatable bonds is 3. The molecule has 1 aromatic carbocycles. The Balaban J connectivity index is 3.18. The maximum atomic E-state index is 10.7. The van der Waals surface area contributed by atoms with Crippen molar-refractivity contribution in [2.24, 2.45) is 0 Å². The largest absolute Gasteiger partial charge is 0.496 e. The van der Waals surface area contributed by atoms with Crippen molar-refractivity contribution in [1.82, 2.24) is 0 Å². The summed E-state index contributed by atoms with van der Waals surface area (Å²) in [5, 5.41) is 26.4. The lowest BCUT2D eigenvalue weighted by molar-refractivity contribution is 0.0693. The number of carbonyl (C=O) groups is 1. The van der Waals surface area contributed by atoms with Gasteiger partial charge in [0.1, 0.15) is 11.3 Å². The van der Waals surface area contributed by atoms with Crippen molar-refractivity contribution in [1.29, 1.82) is 0 Å². The number of methoxy groups -OCH3 is 1. The van der Waals surface area contributed by atoms with E-state index in [1.165, 1.54) is 25.3 Å². The molecule has 0 saturated heterocycles. The maximum absolute atomic E-state index is 10.7. The van der Waals surface area contributed by atoms with Crippen LogP contribution in [0.5, 0.6) is 5.75 Å². The lowest BCUT2D eigenvalue weighted by atomic mass is 9.80. The molecular weight excluding hydrogens is 187 g/mol. The highest BCUT2D eigenvalue weighted by molar-refractivity contribution is 6.58. The molecule has 3 N–H and O–H groups in total. The van der Waals surface area contributed by atoms with Crippen LogP contribution in [0.2, 0.25) is 0 Å². The smallest absolute Gasteiger partial charge is 0.488 e. The zero-order chi connectivity index (χ0) is 10.7. The molecule has 74 valence electrons. The van der Waals surface area contributed by atoms with Gasteiger partial charge in [-0.3, -0.25) is 0 Å². The Hall–Kier alpha value is -1.53. The third kappa shape index (κ3) is 2.04. The van der Waals surface area contributed by atoms with Gasteiger partial charge in [-0.2, -0.15) is 0 Å². The van der Waals surface area contributed by atoms with Crippen LogP contribution in [-0.4, -0.2) is 35.4 Å². The topological polar surface area (TPSA) is 87.0 Å². The van der Waals surface area contributed by atoms with E-state index >= 15 is 0 Å². The number of ether oxygens (including phenoxy) is 1. The summed E-state index contributed by atoms with van der Waals surface area (Å²) in [5.41, 5.74) is 0.170. The van der Waals surface area contributed by atoms with Gasteiger partial charge in [-0.25, -0.2) is 4.79 Å². The van der Waals surface area contributed by atoms with Crippen LogP contribution in [0.1, 0.15) is 10.4 Å². The number of aromatic carboxylic acids is 1. The van der Waals surface area contributed by atoms with E-state index in [1.807, 2.05) is 0 Å². The average molecular weight is 196 g/mol. The number of hydrogen-bond acceptors (Lipinski definition) is 4. The van der Waals surface area contributed by atoms with Gasteiger partial charge in [-0.1, -0.05) is 6.07 Å². The SMILES string of the molecule is COc1cc(B(O)O)ccc1C(=O)O. The van der Waals surface area contributed by atoms with Crippen LogP contribution in [0.25, 0.3) is 0 Å². The summed E-state index contributed by atoms with van der Waals surface area (Å²) in [5.74, 6) is -1.02. The molecule has 6 heteroatoms. The summed E-state index contributed by atoms with van der Waals surface area (Å²) in [6.45, 7) is 0. The zero-order valence-corrected chi connectivity index (χ0v) is 7.47. The van der Waals surface area contributed by atoms with E-state index in [4.69, 9.17) is 19.9 Å². The van der Waals surface area contributed by atoms with Gasteiger partial charge in [0.05, 0.1) is 7.11 Å². The van der Waals surface area contributed by atoms with Gasteiger partial charge in [-0.05, 0) is 17.6 Å². The van der Waals surface area contributed by atoms with Crippen LogP contribution < -0.4 is 10.2 Å². The first kappa shape index (κ1) is 10.6. The van der Waals surface area contributed by atoms with Gasteiger partial charge < -0.3 is 19.9 Å². The second kappa shape index (κ2) is 4.12. The highest BCUT2D eigenvalue weighted by Crippen LogP contribution is 2.15. The molecule has 0 amide bonds. The number of hydrogen-bond donors (Lipinski definition) is 3. The van der Waals surface area contributed by atoms with Crippen LogP contribution >= 0.6 is 0 Å². The van der Waals surface area contributed by atoms with Crippen molar-refractivity contribution in [2.75, 3.05) is 7.11 Å². The summed E-state index contributed by atoms with van der Waals surface area (Å²) >= 11 is 0. The molecule has 5 nitrogen and oxygen atoms in total. The van der Waals surface area contributed by atoms with Gasteiger partial charge in [0, 0.05) is 0 Å². The highest BCUT2D eigenvalue weighted by atomic mass is 16.5. The molecule has 0 heterocycles. The van der Waals surface area contributed by atoms with Gasteiger partial charge in [0.2, 0.25) is 0 Å². The van der Waals surface area contributed by atoms with Crippen molar-refractivity contribution in [3.8, 4) is 5.75 Å². The molecule has 0 bridgehead atoms. The van der Waals surface area contributed by atoms with Gasteiger partial charge in [-0.15, -0.1) is 0 Å². The Morgan fingerprint density at radius 3 is 2.50 bits per heavy atom. The van der Waals surface area contributed by atoms with Crippen LogP contribution in [-0.2, 0) is 0 Å². The van der Waals surface area contributed by atoms with E-state index in [2.05, 4.69) is 0 Å². The zero-order valence-electron chi connectivity index (χ0n) is 7.47. The summed E-state index contributed by atoms with van der Waals surface area (Å²) in [7, 11) is -0.318. The Labute approximate surface area is 80.7 Å². The molecule has 1 rings (SSSR count). The molecule has 0 aliphatic carbocycles. The Morgan fingerprint density at radius 1 is 1.43 bits per heavy atom. The van der Waals surface area contributed by atoms with Crippen LogP contribution in [0.15, 0.2) is 18.2 Å². The first-order valence-electron chi connectivity index (χ1n) is 3.83. The van der Waals surface area contributed by atoms with E-state index in [1.54, 1.807) is 0 Å². The molecule has 0 aromatic heterocycles. The van der Waals surface area contributed by atoms with E-state index in [9.17, 15) is 4.79 Å². The summed E-state index contributed by atoms with van der Waals surface area (Å²) in [6, 6.07) is 3.85. The van der Waals surface area contributed by atoms with Gasteiger partial charge in [0.25, 0.3) is 0 Å². The van der Waals surface area contributed by atoms with Crippen molar-refractivity contribution in [2.45, 2.75) is 0 Å². The average Bonchev–Trinajstić information content (AvgIpc) is 2.16. The predicted molar refractivity (Wildman–Crippen MR) is 49.8 cm³/mol. The van der Waals surface area contributed by atoms with Crippen molar-refractivity contribution in [3.63, 3.8) is 0 Å². The molecule has 0 fully saturated rings. The van der Waals surface area contributed by atoms with E-state index in [-0.39, 0.29) is 16.8 Å². The quantitative estimate of drug-likeness (QED) is 0.543. The van der Waals surface area contributed by atoms with Crippen molar-refractivity contribution in [3.05, 3.63) is 23.8 Å². The molecule has 0 spiro atoms. The molecule has 0 aliphatic rings. The minimum absolute atomic E-state index is 0.0168. The Morgan fingerprint density at radius 2 is 2.07 bits per heavy atom. The Bertz CT molecular complexity index is 350. The second-order valence-electron chi connectivity index (χ2n) is 2.64. The van der Waals surface area contributed by atoms with Crippen LogP contribution in [0, 0.1) is 0 Å². The van der Waals surface area contributed by atoms with Crippen molar-refractivity contribution >= 4 is 18.6 Å². The third-order valence-corrected chi connectivity index (χ3v) is 1.75. The summed E-state index contributed by atoms with van der Waals surface area (Å²) < 4.78 is 4.79. The van der Waals surface area contributed by atoms with Gasteiger partial charge in [0.15, 0.2) is 0 Å². The summed E-state index contributed by atoms with van der Waals surface area (Å²) in [6.07, 6.45) is 0. The molecule has 0 aliphatic heterocycles. The minimum Gasteiger partial charge on any atom is -0.496 e. The lowest BCUT2D eigenvalue weighted by Gasteiger charge is -2.06. The number of carboxylic acid groups (broad SMARTS) is 1. The molecule has 14 heavy (non-hydrogen) atoms. The second-order valence-corrected chi connectivity index (χ2v) is 2.64. The molecule has 0 radical (unpaired) electrons. The highest BCUT2D eigenvalue weighted by Gasteiger charge is 2.16. The van der Waals surface area contributed by atoms with Crippen LogP contribution in [0.3, 0.4) is 0 Å².